The molecular formula is C23H32N2O5. The van der Waals surface area contributed by atoms with Gasteiger partial charge in [-0.3, -0.25) is 14.9 Å². The number of nitrogens with one attached hydrogen (secondary N) is 1. The van der Waals surface area contributed by atoms with Gasteiger partial charge in [-0.2, -0.15) is 0 Å². The highest BCUT2D eigenvalue weighted by Gasteiger charge is 2.45. The lowest BCUT2D eigenvalue weighted by Gasteiger charge is -2.48. The minimum absolute atomic E-state index is 0.0575. The van der Waals surface area contributed by atoms with Gasteiger partial charge in [-0.1, -0.05) is 43.2 Å². The normalized spacial score (nSPS) is 25.8. The molecule has 1 amide bonds. The first kappa shape index (κ1) is 22.3. The molecule has 164 valence electrons. The summed E-state index contributed by atoms with van der Waals surface area (Å²) in [5.41, 5.74) is 1.04. The van der Waals surface area contributed by atoms with Crippen molar-refractivity contribution in [2.45, 2.75) is 82.5 Å². The number of carboxylic acid groups (broad SMARTS) is 2. The zero-order valence-corrected chi connectivity index (χ0v) is 17.5. The maximum Gasteiger partial charge on any atom is 0.326 e. The summed E-state index contributed by atoms with van der Waals surface area (Å²) in [7, 11) is 0. The molecule has 0 radical (unpaired) electrons. The number of hydrogen-bond donors (Lipinski definition) is 3. The van der Waals surface area contributed by atoms with Crippen molar-refractivity contribution in [3.63, 3.8) is 0 Å². The largest absolute Gasteiger partial charge is 0.480 e. The fourth-order valence-corrected chi connectivity index (χ4v) is 5.02. The molecule has 7 nitrogen and oxygen atoms in total. The first-order valence-corrected chi connectivity index (χ1v) is 11.0. The average molecular weight is 417 g/mol. The van der Waals surface area contributed by atoms with E-state index in [1.165, 1.54) is 0 Å². The Morgan fingerprint density at radius 3 is 2.43 bits per heavy atom. The maximum atomic E-state index is 13.3. The van der Waals surface area contributed by atoms with Gasteiger partial charge in [0.15, 0.2) is 0 Å². The summed E-state index contributed by atoms with van der Waals surface area (Å²) < 4.78 is 0. The van der Waals surface area contributed by atoms with Crippen LogP contribution in [0.3, 0.4) is 0 Å². The average Bonchev–Trinajstić information content (AvgIpc) is 2.75. The lowest BCUT2D eigenvalue weighted by atomic mass is 9.76. The van der Waals surface area contributed by atoms with Crippen LogP contribution in [-0.4, -0.2) is 57.1 Å². The summed E-state index contributed by atoms with van der Waals surface area (Å²) >= 11 is 0. The number of carbonyl (C=O) groups is 3. The van der Waals surface area contributed by atoms with Crippen molar-refractivity contribution in [1.82, 2.24) is 10.2 Å². The van der Waals surface area contributed by atoms with E-state index in [1.54, 1.807) is 11.8 Å². The Morgan fingerprint density at radius 2 is 1.77 bits per heavy atom. The zero-order valence-electron chi connectivity index (χ0n) is 17.5. The molecule has 1 heterocycles. The second-order valence-corrected chi connectivity index (χ2v) is 8.59. The lowest BCUT2D eigenvalue weighted by Crippen LogP contribution is -2.62. The Kier molecular flexibility index (Phi) is 7.48. The van der Waals surface area contributed by atoms with Crippen molar-refractivity contribution in [1.29, 1.82) is 0 Å². The van der Waals surface area contributed by atoms with Crippen LogP contribution in [0, 0.1) is 5.92 Å². The highest BCUT2D eigenvalue weighted by molar-refractivity contribution is 5.88. The van der Waals surface area contributed by atoms with Gasteiger partial charge >= 0.3 is 11.9 Å². The molecule has 7 heteroatoms. The molecule has 30 heavy (non-hydrogen) atoms. The van der Waals surface area contributed by atoms with Crippen LogP contribution in [0.25, 0.3) is 0 Å². The molecule has 0 bridgehead atoms. The minimum Gasteiger partial charge on any atom is -0.480 e. The number of likely N-dealkylation sites (tertiary alicyclic amines) is 1. The number of rotatable bonds is 8. The quantitative estimate of drug-likeness (QED) is 0.602. The van der Waals surface area contributed by atoms with Crippen LogP contribution in [0.1, 0.15) is 57.4 Å². The number of piperidine rings is 1. The van der Waals surface area contributed by atoms with Crippen molar-refractivity contribution in [3.8, 4) is 0 Å². The van der Waals surface area contributed by atoms with Gasteiger partial charge in [0.25, 0.3) is 0 Å². The van der Waals surface area contributed by atoms with Crippen LogP contribution in [0.5, 0.6) is 0 Å². The molecule has 1 aromatic rings. The van der Waals surface area contributed by atoms with Gasteiger partial charge in [-0.15, -0.1) is 0 Å². The number of carbonyl (C=O) groups excluding carboxylic acids is 1. The van der Waals surface area contributed by atoms with E-state index in [0.717, 1.165) is 37.7 Å². The molecule has 1 aliphatic carbocycles. The highest BCUT2D eigenvalue weighted by atomic mass is 16.4. The van der Waals surface area contributed by atoms with Crippen molar-refractivity contribution in [3.05, 3.63) is 35.9 Å². The molecule has 4 unspecified atom stereocenters. The first-order valence-electron chi connectivity index (χ1n) is 11.0. The summed E-state index contributed by atoms with van der Waals surface area (Å²) in [6, 6.07) is 7.11. The molecule has 2 fully saturated rings. The minimum atomic E-state index is -1.01. The summed E-state index contributed by atoms with van der Waals surface area (Å²) in [6.45, 7) is 1.64. The van der Waals surface area contributed by atoms with E-state index >= 15 is 0 Å². The molecular weight excluding hydrogens is 384 g/mol. The number of benzene rings is 1. The number of amides is 1. The number of carboxylic acids is 2. The van der Waals surface area contributed by atoms with Gasteiger partial charge in [-0.25, -0.2) is 4.79 Å². The smallest absolute Gasteiger partial charge is 0.326 e. The van der Waals surface area contributed by atoms with E-state index in [9.17, 15) is 24.6 Å². The fourth-order valence-electron chi connectivity index (χ4n) is 5.02. The third-order valence-corrected chi connectivity index (χ3v) is 6.60. The van der Waals surface area contributed by atoms with E-state index in [2.05, 4.69) is 5.32 Å². The van der Waals surface area contributed by atoms with Crippen molar-refractivity contribution < 1.29 is 24.6 Å². The number of nitrogens with zero attached hydrogens (tertiary/aromatic N) is 1. The number of hydrogen-bond acceptors (Lipinski definition) is 4. The number of fused-ring (bicyclic) bond motifs is 1. The Hall–Kier alpha value is -2.41. The molecule has 1 aliphatic heterocycles. The van der Waals surface area contributed by atoms with Crippen LogP contribution >= 0.6 is 0 Å². The summed E-state index contributed by atoms with van der Waals surface area (Å²) in [5.74, 6) is -1.93. The Balaban J connectivity index is 1.69. The predicted molar refractivity (Wildman–Crippen MR) is 112 cm³/mol. The topological polar surface area (TPSA) is 107 Å². The van der Waals surface area contributed by atoms with E-state index in [-0.39, 0.29) is 11.9 Å². The van der Waals surface area contributed by atoms with Gasteiger partial charge < -0.3 is 15.1 Å². The van der Waals surface area contributed by atoms with Crippen LogP contribution in [0.15, 0.2) is 30.3 Å². The van der Waals surface area contributed by atoms with Crippen molar-refractivity contribution >= 4 is 17.8 Å². The molecule has 0 aromatic heterocycles. The van der Waals surface area contributed by atoms with Gasteiger partial charge in [0.1, 0.15) is 12.1 Å². The van der Waals surface area contributed by atoms with E-state index < -0.39 is 30.1 Å². The monoisotopic (exact) mass is 416 g/mol. The Morgan fingerprint density at radius 1 is 1.07 bits per heavy atom. The number of aliphatic carboxylic acids is 2. The molecule has 3 N–H and O–H groups in total. The molecule has 5 atom stereocenters. The van der Waals surface area contributed by atoms with Crippen LogP contribution < -0.4 is 5.32 Å². The van der Waals surface area contributed by atoms with Crippen LogP contribution in [0.4, 0.5) is 0 Å². The third kappa shape index (κ3) is 5.19. The first-order chi connectivity index (χ1) is 14.4. The van der Waals surface area contributed by atoms with Gasteiger partial charge in [-0.05, 0) is 56.9 Å². The third-order valence-electron chi connectivity index (χ3n) is 6.60. The molecule has 1 saturated carbocycles. The van der Waals surface area contributed by atoms with E-state index in [1.807, 2.05) is 30.3 Å². The van der Waals surface area contributed by atoms with Crippen LogP contribution in [-0.2, 0) is 20.8 Å². The Bertz CT molecular complexity index is 753. The second-order valence-electron chi connectivity index (χ2n) is 8.59. The predicted octanol–water partition coefficient (Wildman–Crippen LogP) is 2.68. The van der Waals surface area contributed by atoms with Crippen LogP contribution in [0.2, 0.25) is 0 Å². The molecule has 0 spiro atoms. The molecule has 2 aliphatic rings. The van der Waals surface area contributed by atoms with Gasteiger partial charge in [0, 0.05) is 6.04 Å². The molecule has 1 aromatic carbocycles. The summed E-state index contributed by atoms with van der Waals surface area (Å²) in [5, 5.41) is 22.3. The highest BCUT2D eigenvalue weighted by Crippen LogP contribution is 2.38. The number of aryl methyl sites for hydroxylation is 1. The summed E-state index contributed by atoms with van der Waals surface area (Å²) in [6.07, 6.45) is 6.20. The molecule has 3 rings (SSSR count). The van der Waals surface area contributed by atoms with E-state index in [0.29, 0.717) is 25.2 Å². The zero-order chi connectivity index (χ0) is 21.7. The Labute approximate surface area is 177 Å². The van der Waals surface area contributed by atoms with E-state index in [4.69, 9.17) is 0 Å². The van der Waals surface area contributed by atoms with Crippen molar-refractivity contribution in [2.75, 3.05) is 0 Å². The van der Waals surface area contributed by atoms with Gasteiger partial charge in [0.05, 0.1) is 6.04 Å². The standard InChI is InChI=1S/C23H32N2O5/c1-15(24-18(22(27)28)13-11-16-7-3-2-4-8-16)21(26)25-19-10-6-5-9-17(19)12-14-20(25)23(29)30/h2-4,7-8,15,17-20,24H,5-6,9-14H2,1H3,(H,27,28)(H,29,30)/t15-,17?,18?,19?,20?/m0/s1. The summed E-state index contributed by atoms with van der Waals surface area (Å²) in [4.78, 5) is 38.5. The SMILES string of the molecule is C[C@H](NC(CCc1ccccc1)C(=O)O)C(=O)N1C(C(=O)O)CCC2CCCCC21. The lowest BCUT2D eigenvalue weighted by molar-refractivity contribution is -0.159. The van der Waals surface area contributed by atoms with Crippen molar-refractivity contribution in [2.24, 2.45) is 5.92 Å². The van der Waals surface area contributed by atoms with Gasteiger partial charge in [0.2, 0.25) is 5.91 Å². The fraction of sp³-hybridized carbons (Fsp3) is 0.609. The maximum absolute atomic E-state index is 13.3. The molecule has 1 saturated heterocycles. The second kappa shape index (κ2) is 10.1.